The zero-order chi connectivity index (χ0) is 27.2. The Morgan fingerprint density at radius 2 is 1.79 bits per heavy atom. The van der Waals surface area contributed by atoms with Crippen LogP contribution in [0.1, 0.15) is 68.6 Å². The molecule has 0 spiro atoms. The van der Waals surface area contributed by atoms with Gasteiger partial charge in [0, 0.05) is 42.8 Å². The minimum Gasteiger partial charge on any atom is -0.392 e. The van der Waals surface area contributed by atoms with E-state index in [0.29, 0.717) is 18.3 Å². The molecule has 5 rings (SSSR count). The fourth-order valence-electron chi connectivity index (χ4n) is 6.26. The lowest BCUT2D eigenvalue weighted by molar-refractivity contribution is -0.276. The maximum absolute atomic E-state index is 12.1. The minimum atomic E-state index is -0.552. The lowest BCUT2D eigenvalue weighted by Gasteiger charge is -2.43. The Bertz CT molecular complexity index is 1070. The maximum Gasteiger partial charge on any atom is 0.319 e. The van der Waals surface area contributed by atoms with Crippen LogP contribution >= 0.6 is 0 Å². The quantitative estimate of drug-likeness (QED) is 0.432. The summed E-state index contributed by atoms with van der Waals surface area (Å²) >= 11 is 0. The monoisotopic (exact) mass is 536 g/mol. The average Bonchev–Trinajstić information content (AvgIpc) is 3.63. The highest BCUT2D eigenvalue weighted by Crippen LogP contribution is 2.42. The molecule has 2 aromatic rings. The van der Waals surface area contributed by atoms with Crippen LogP contribution in [0.4, 0.5) is 10.5 Å². The number of amides is 2. The number of urea groups is 1. The highest BCUT2D eigenvalue weighted by molar-refractivity contribution is 5.89. The SMILES string of the molecule is CCNC(=O)Nc1cccc(C2OC(CN3CCCC3CN3CCCC3)C(C)C(c3ccc(CO)cc3)O2)c1. The van der Waals surface area contributed by atoms with Crippen LogP contribution in [-0.2, 0) is 16.1 Å². The Morgan fingerprint density at radius 1 is 1.00 bits per heavy atom. The lowest BCUT2D eigenvalue weighted by Crippen LogP contribution is -2.48. The van der Waals surface area contributed by atoms with Crippen LogP contribution in [0.25, 0.3) is 0 Å². The van der Waals surface area contributed by atoms with Crippen molar-refractivity contribution < 1.29 is 19.4 Å². The Labute approximate surface area is 232 Å². The second kappa shape index (κ2) is 13.2. The normalized spacial score (nSPS) is 28.0. The van der Waals surface area contributed by atoms with Gasteiger partial charge in [0.15, 0.2) is 6.29 Å². The maximum atomic E-state index is 12.1. The van der Waals surface area contributed by atoms with Crippen molar-refractivity contribution in [3.63, 3.8) is 0 Å². The summed E-state index contributed by atoms with van der Waals surface area (Å²) in [4.78, 5) is 17.4. The van der Waals surface area contributed by atoms with Crippen molar-refractivity contribution in [2.24, 2.45) is 5.92 Å². The molecule has 0 bridgehead atoms. The number of aliphatic hydroxyl groups is 1. The lowest BCUT2D eigenvalue weighted by atomic mass is 9.90. The van der Waals surface area contributed by atoms with Crippen molar-refractivity contribution in [2.75, 3.05) is 44.6 Å². The number of carbonyl (C=O) groups is 1. The van der Waals surface area contributed by atoms with Gasteiger partial charge in [0.05, 0.1) is 18.8 Å². The summed E-state index contributed by atoms with van der Waals surface area (Å²) in [5, 5.41) is 15.2. The molecule has 0 aliphatic carbocycles. The number of nitrogens with zero attached hydrogens (tertiary/aromatic N) is 2. The van der Waals surface area contributed by atoms with Gasteiger partial charge in [-0.05, 0) is 75.5 Å². The van der Waals surface area contributed by atoms with Gasteiger partial charge < -0.3 is 30.1 Å². The van der Waals surface area contributed by atoms with Gasteiger partial charge in [-0.1, -0.05) is 43.3 Å². The predicted octanol–water partition coefficient (Wildman–Crippen LogP) is 4.67. The van der Waals surface area contributed by atoms with Crippen LogP contribution in [0.3, 0.4) is 0 Å². The van der Waals surface area contributed by atoms with E-state index in [2.05, 4.69) is 39.5 Å². The van der Waals surface area contributed by atoms with Gasteiger partial charge in [-0.25, -0.2) is 4.79 Å². The molecule has 212 valence electrons. The molecule has 3 aliphatic rings. The van der Waals surface area contributed by atoms with Crippen molar-refractivity contribution >= 4 is 11.7 Å². The first-order valence-electron chi connectivity index (χ1n) is 14.7. The number of carbonyl (C=O) groups excluding carboxylic acids is 1. The third kappa shape index (κ3) is 6.99. The van der Waals surface area contributed by atoms with Gasteiger partial charge >= 0.3 is 6.03 Å². The molecular formula is C31H44N4O4. The number of anilines is 1. The van der Waals surface area contributed by atoms with E-state index in [4.69, 9.17) is 9.47 Å². The topological polar surface area (TPSA) is 86.3 Å². The van der Waals surface area contributed by atoms with Crippen LogP contribution < -0.4 is 10.6 Å². The molecule has 0 radical (unpaired) electrons. The number of aliphatic hydroxyl groups excluding tert-OH is 1. The average molecular weight is 537 g/mol. The summed E-state index contributed by atoms with van der Waals surface area (Å²) in [5.74, 6) is 0.144. The molecule has 0 aromatic heterocycles. The smallest absolute Gasteiger partial charge is 0.319 e. The second-order valence-electron chi connectivity index (χ2n) is 11.2. The molecule has 3 fully saturated rings. The number of rotatable bonds is 9. The fourth-order valence-corrected chi connectivity index (χ4v) is 6.26. The first-order valence-corrected chi connectivity index (χ1v) is 14.7. The number of benzene rings is 2. The summed E-state index contributed by atoms with van der Waals surface area (Å²) in [5.41, 5.74) is 3.56. The number of ether oxygens (including phenoxy) is 2. The Kier molecular flexibility index (Phi) is 9.53. The zero-order valence-electron chi connectivity index (χ0n) is 23.4. The fraction of sp³-hybridized carbons (Fsp3) is 0.581. The van der Waals surface area contributed by atoms with Crippen LogP contribution in [0.2, 0.25) is 0 Å². The van der Waals surface area contributed by atoms with Gasteiger partial charge in [-0.3, -0.25) is 4.90 Å². The van der Waals surface area contributed by atoms with E-state index < -0.39 is 6.29 Å². The number of hydrogen-bond donors (Lipinski definition) is 3. The minimum absolute atomic E-state index is 0.00884. The molecule has 3 saturated heterocycles. The van der Waals surface area contributed by atoms with Crippen molar-refractivity contribution in [3.8, 4) is 0 Å². The van der Waals surface area contributed by atoms with Crippen molar-refractivity contribution in [1.82, 2.24) is 15.1 Å². The molecule has 3 aliphatic heterocycles. The number of nitrogens with one attached hydrogen (secondary N) is 2. The van der Waals surface area contributed by atoms with Crippen molar-refractivity contribution in [1.29, 1.82) is 0 Å². The van der Waals surface area contributed by atoms with E-state index in [-0.39, 0.29) is 30.8 Å². The number of likely N-dealkylation sites (tertiary alicyclic amines) is 2. The van der Waals surface area contributed by atoms with Gasteiger partial charge in [0.1, 0.15) is 0 Å². The molecule has 2 amide bonds. The van der Waals surface area contributed by atoms with E-state index in [9.17, 15) is 9.90 Å². The van der Waals surface area contributed by atoms with Crippen LogP contribution in [0, 0.1) is 5.92 Å². The van der Waals surface area contributed by atoms with Gasteiger partial charge in [-0.15, -0.1) is 0 Å². The van der Waals surface area contributed by atoms with E-state index in [0.717, 1.165) is 36.3 Å². The van der Waals surface area contributed by atoms with Crippen LogP contribution in [0.15, 0.2) is 48.5 Å². The standard InChI is InChI=1S/C31H44N4O4/c1-3-32-31(37)33-26-9-6-8-25(18-26)30-38-28(20-35-17-7-10-27(35)19-34-15-4-5-16-34)22(2)29(39-30)24-13-11-23(21-36)12-14-24/h6,8-9,11-14,18,22,27-30,36H,3-5,7,10,15-17,19-21H2,1-2H3,(H2,32,33,37). The first kappa shape index (κ1) is 28.1. The molecule has 5 unspecified atom stereocenters. The third-order valence-corrected chi connectivity index (χ3v) is 8.46. The van der Waals surface area contributed by atoms with E-state index in [1.807, 2.05) is 43.3 Å². The zero-order valence-corrected chi connectivity index (χ0v) is 23.4. The molecular weight excluding hydrogens is 492 g/mol. The number of hydrogen-bond acceptors (Lipinski definition) is 6. The molecule has 39 heavy (non-hydrogen) atoms. The molecule has 3 heterocycles. The first-order chi connectivity index (χ1) is 19.0. The molecule has 8 nitrogen and oxygen atoms in total. The summed E-state index contributed by atoms with van der Waals surface area (Å²) in [6.45, 7) is 10.3. The molecule has 8 heteroatoms. The molecule has 3 N–H and O–H groups in total. The van der Waals surface area contributed by atoms with E-state index >= 15 is 0 Å². The van der Waals surface area contributed by atoms with Crippen molar-refractivity contribution in [3.05, 3.63) is 65.2 Å². The van der Waals surface area contributed by atoms with Gasteiger partial charge in [0.2, 0.25) is 0 Å². The Hall–Kier alpha value is -2.49. The second-order valence-corrected chi connectivity index (χ2v) is 11.2. The predicted molar refractivity (Wildman–Crippen MR) is 152 cm³/mol. The molecule has 2 aromatic carbocycles. The van der Waals surface area contributed by atoms with Crippen LogP contribution in [-0.4, -0.2) is 72.4 Å². The largest absolute Gasteiger partial charge is 0.392 e. The van der Waals surface area contributed by atoms with Crippen LogP contribution in [0.5, 0.6) is 0 Å². The van der Waals surface area contributed by atoms with E-state index in [1.54, 1.807) is 0 Å². The summed E-state index contributed by atoms with van der Waals surface area (Å²) < 4.78 is 13.4. The van der Waals surface area contributed by atoms with Crippen molar-refractivity contribution in [2.45, 2.75) is 70.7 Å². The summed E-state index contributed by atoms with van der Waals surface area (Å²) in [7, 11) is 0. The Morgan fingerprint density at radius 3 is 2.54 bits per heavy atom. The third-order valence-electron chi connectivity index (χ3n) is 8.46. The summed E-state index contributed by atoms with van der Waals surface area (Å²) in [6, 6.07) is 16.1. The Balaban J connectivity index is 1.36. The van der Waals surface area contributed by atoms with Gasteiger partial charge in [-0.2, -0.15) is 0 Å². The highest BCUT2D eigenvalue weighted by Gasteiger charge is 2.40. The highest BCUT2D eigenvalue weighted by atomic mass is 16.7. The van der Waals surface area contributed by atoms with E-state index in [1.165, 1.54) is 38.8 Å². The van der Waals surface area contributed by atoms with Gasteiger partial charge in [0.25, 0.3) is 0 Å². The molecule has 5 atom stereocenters. The summed E-state index contributed by atoms with van der Waals surface area (Å²) in [6.07, 6.45) is 4.41. The molecule has 0 saturated carbocycles.